The van der Waals surface area contributed by atoms with Crippen molar-refractivity contribution in [1.29, 1.82) is 0 Å². The molecular weight excluding hydrogens is 438 g/mol. The fourth-order valence-corrected chi connectivity index (χ4v) is 1.82. The fourth-order valence-electron chi connectivity index (χ4n) is 1.82. The Morgan fingerprint density at radius 2 is 2.04 bits per heavy atom. The zero-order valence-electron chi connectivity index (χ0n) is 13.8. The number of hydrogen-bond acceptors (Lipinski definition) is 3. The molecule has 138 valence electrons. The second kappa shape index (κ2) is 11.3. The first-order valence-electron chi connectivity index (χ1n) is 7.08. The molecular formula is C15H23F3IN3O2. The first kappa shape index (κ1) is 22.8. The van der Waals surface area contributed by atoms with Crippen LogP contribution in [0.3, 0.4) is 0 Å². The van der Waals surface area contributed by atoms with Crippen LogP contribution in [0.1, 0.15) is 12.5 Å². The van der Waals surface area contributed by atoms with Crippen LogP contribution in [-0.4, -0.2) is 45.5 Å². The maximum absolute atomic E-state index is 12.2. The van der Waals surface area contributed by atoms with Gasteiger partial charge in [-0.1, -0.05) is 12.1 Å². The quantitative estimate of drug-likeness (QED) is 0.373. The molecule has 5 nitrogen and oxygen atoms in total. The van der Waals surface area contributed by atoms with E-state index in [1.165, 1.54) is 6.07 Å². The van der Waals surface area contributed by atoms with E-state index < -0.39 is 12.8 Å². The van der Waals surface area contributed by atoms with Gasteiger partial charge in [0, 0.05) is 26.7 Å². The minimum atomic E-state index is -4.35. The van der Waals surface area contributed by atoms with Gasteiger partial charge >= 0.3 is 6.18 Å². The van der Waals surface area contributed by atoms with Crippen LogP contribution in [0, 0.1) is 0 Å². The molecule has 1 aromatic carbocycles. The second-order valence-electron chi connectivity index (χ2n) is 4.98. The Morgan fingerprint density at radius 1 is 1.33 bits per heavy atom. The lowest BCUT2D eigenvalue weighted by Gasteiger charge is -2.17. The SMILES string of the molecule is CN=C(NCc1cccc(OCC(F)(F)F)c1)NC(C)COC.I. The molecule has 0 saturated carbocycles. The highest BCUT2D eigenvalue weighted by atomic mass is 127. The molecule has 1 unspecified atom stereocenters. The summed E-state index contributed by atoms with van der Waals surface area (Å²) in [6, 6.07) is 6.56. The van der Waals surface area contributed by atoms with E-state index in [9.17, 15) is 13.2 Å². The normalized spacial score (nSPS) is 13.0. The lowest BCUT2D eigenvalue weighted by atomic mass is 10.2. The third-order valence-corrected chi connectivity index (χ3v) is 2.78. The molecule has 1 aromatic rings. The number of aliphatic imine (C=N–C) groups is 1. The van der Waals surface area contributed by atoms with Crippen molar-refractivity contribution in [3.8, 4) is 5.75 Å². The smallest absolute Gasteiger partial charge is 0.422 e. The number of ether oxygens (including phenoxy) is 2. The lowest BCUT2D eigenvalue weighted by Crippen LogP contribution is -2.43. The Kier molecular flexibility index (Phi) is 10.8. The van der Waals surface area contributed by atoms with Crippen molar-refractivity contribution in [3.05, 3.63) is 29.8 Å². The highest BCUT2D eigenvalue weighted by Gasteiger charge is 2.28. The summed E-state index contributed by atoms with van der Waals surface area (Å²) in [6.07, 6.45) is -4.35. The van der Waals surface area contributed by atoms with Gasteiger partial charge in [-0.05, 0) is 24.6 Å². The molecule has 0 aliphatic rings. The minimum Gasteiger partial charge on any atom is -0.484 e. The van der Waals surface area contributed by atoms with Gasteiger partial charge in [-0.3, -0.25) is 4.99 Å². The maximum atomic E-state index is 12.2. The Hall–Kier alpha value is -1.23. The third-order valence-electron chi connectivity index (χ3n) is 2.78. The molecule has 0 aliphatic heterocycles. The van der Waals surface area contributed by atoms with E-state index in [0.29, 0.717) is 19.1 Å². The molecule has 0 saturated heterocycles. The van der Waals surface area contributed by atoms with E-state index in [2.05, 4.69) is 15.6 Å². The molecule has 0 radical (unpaired) electrons. The van der Waals surface area contributed by atoms with Crippen LogP contribution < -0.4 is 15.4 Å². The Balaban J connectivity index is 0.00000529. The van der Waals surface area contributed by atoms with Crippen molar-refractivity contribution in [2.24, 2.45) is 4.99 Å². The van der Waals surface area contributed by atoms with Crippen molar-refractivity contribution in [2.75, 3.05) is 27.4 Å². The molecule has 0 aliphatic carbocycles. The van der Waals surface area contributed by atoms with Crippen molar-refractivity contribution >= 4 is 29.9 Å². The summed E-state index contributed by atoms with van der Waals surface area (Å²) < 4.78 is 46.2. The molecule has 1 rings (SSSR count). The number of benzene rings is 1. The Morgan fingerprint density at radius 3 is 2.62 bits per heavy atom. The van der Waals surface area contributed by atoms with Gasteiger partial charge in [0.25, 0.3) is 0 Å². The summed E-state index contributed by atoms with van der Waals surface area (Å²) in [7, 11) is 3.25. The number of guanidine groups is 1. The highest BCUT2D eigenvalue weighted by Crippen LogP contribution is 2.19. The minimum absolute atomic E-state index is 0. The standard InChI is InChI=1S/C15H22F3N3O2.HI/c1-11(9-22-3)21-14(19-2)20-8-12-5-4-6-13(7-12)23-10-15(16,17)18;/h4-7,11H,8-10H2,1-3H3,(H2,19,20,21);1H. The monoisotopic (exact) mass is 461 g/mol. The number of methoxy groups -OCH3 is 1. The summed E-state index contributed by atoms with van der Waals surface area (Å²) in [5, 5.41) is 6.21. The average molecular weight is 461 g/mol. The van der Waals surface area contributed by atoms with E-state index in [1.807, 2.05) is 6.92 Å². The summed E-state index contributed by atoms with van der Waals surface area (Å²) in [4.78, 5) is 4.08. The van der Waals surface area contributed by atoms with Gasteiger partial charge in [0.05, 0.1) is 6.61 Å². The topological polar surface area (TPSA) is 54.9 Å². The lowest BCUT2D eigenvalue weighted by molar-refractivity contribution is -0.153. The Bertz CT molecular complexity index is 513. The molecule has 0 aromatic heterocycles. The molecule has 0 heterocycles. The van der Waals surface area contributed by atoms with E-state index in [-0.39, 0.29) is 35.8 Å². The van der Waals surface area contributed by atoms with Gasteiger partial charge in [-0.2, -0.15) is 13.2 Å². The zero-order valence-corrected chi connectivity index (χ0v) is 16.1. The van der Waals surface area contributed by atoms with E-state index >= 15 is 0 Å². The molecule has 0 amide bonds. The van der Waals surface area contributed by atoms with Crippen molar-refractivity contribution in [3.63, 3.8) is 0 Å². The first-order chi connectivity index (χ1) is 10.8. The number of nitrogens with one attached hydrogen (secondary N) is 2. The van der Waals surface area contributed by atoms with Gasteiger partial charge in [-0.25, -0.2) is 0 Å². The molecule has 9 heteroatoms. The molecule has 24 heavy (non-hydrogen) atoms. The first-order valence-corrected chi connectivity index (χ1v) is 7.08. The second-order valence-corrected chi connectivity index (χ2v) is 4.98. The number of rotatable bonds is 7. The largest absolute Gasteiger partial charge is 0.484 e. The van der Waals surface area contributed by atoms with Crippen molar-refractivity contribution < 1.29 is 22.6 Å². The third kappa shape index (κ3) is 9.81. The maximum Gasteiger partial charge on any atom is 0.422 e. The molecule has 1 atom stereocenters. The van der Waals surface area contributed by atoms with Gasteiger partial charge in [0.15, 0.2) is 12.6 Å². The van der Waals surface area contributed by atoms with Crippen LogP contribution in [0.2, 0.25) is 0 Å². The molecule has 0 spiro atoms. The van der Waals surface area contributed by atoms with Gasteiger partial charge in [0.2, 0.25) is 0 Å². The number of hydrogen-bond donors (Lipinski definition) is 2. The summed E-state index contributed by atoms with van der Waals surface area (Å²) in [5.41, 5.74) is 0.784. The van der Waals surface area contributed by atoms with Crippen LogP contribution >= 0.6 is 24.0 Å². The van der Waals surface area contributed by atoms with Crippen molar-refractivity contribution in [2.45, 2.75) is 25.7 Å². The summed E-state index contributed by atoms with van der Waals surface area (Å²) in [5.74, 6) is 0.758. The van der Waals surface area contributed by atoms with Crippen LogP contribution in [0.5, 0.6) is 5.75 Å². The van der Waals surface area contributed by atoms with E-state index in [4.69, 9.17) is 9.47 Å². The van der Waals surface area contributed by atoms with Gasteiger partial charge < -0.3 is 20.1 Å². The summed E-state index contributed by atoms with van der Waals surface area (Å²) >= 11 is 0. The average Bonchev–Trinajstić information content (AvgIpc) is 2.49. The van der Waals surface area contributed by atoms with Crippen molar-refractivity contribution in [1.82, 2.24) is 10.6 Å². The van der Waals surface area contributed by atoms with E-state index in [0.717, 1.165) is 5.56 Å². The predicted octanol–water partition coefficient (Wildman–Crippen LogP) is 2.95. The van der Waals surface area contributed by atoms with Gasteiger partial charge in [-0.15, -0.1) is 24.0 Å². The Labute approximate surface area is 157 Å². The van der Waals surface area contributed by atoms with Crippen LogP contribution in [0.15, 0.2) is 29.3 Å². The highest BCUT2D eigenvalue weighted by molar-refractivity contribution is 14.0. The van der Waals surface area contributed by atoms with E-state index in [1.54, 1.807) is 32.4 Å². The van der Waals surface area contributed by atoms with Crippen LogP contribution in [-0.2, 0) is 11.3 Å². The van der Waals surface area contributed by atoms with Crippen LogP contribution in [0.4, 0.5) is 13.2 Å². The molecule has 0 bridgehead atoms. The van der Waals surface area contributed by atoms with Gasteiger partial charge in [0.1, 0.15) is 5.75 Å². The zero-order chi connectivity index (χ0) is 17.3. The fraction of sp³-hybridized carbons (Fsp3) is 0.533. The summed E-state index contributed by atoms with van der Waals surface area (Å²) in [6.45, 7) is 1.58. The van der Waals surface area contributed by atoms with Crippen LogP contribution in [0.25, 0.3) is 0 Å². The molecule has 2 N–H and O–H groups in total. The predicted molar refractivity (Wildman–Crippen MR) is 98.1 cm³/mol. The molecule has 0 fully saturated rings. The number of nitrogens with zero attached hydrogens (tertiary/aromatic N) is 1. The number of halogens is 4. The number of alkyl halides is 3.